The smallest absolute Gasteiger partial charge is 0.249 e. The number of hydroxylamine groups is 2. The number of benzene rings is 2. The van der Waals surface area contributed by atoms with E-state index >= 15 is 0 Å². The van der Waals surface area contributed by atoms with Gasteiger partial charge >= 0.3 is 0 Å². The van der Waals surface area contributed by atoms with Gasteiger partial charge in [0.25, 0.3) is 0 Å². The third-order valence-electron chi connectivity index (χ3n) is 5.95. The molecular weight excluding hydrogens is 418 g/mol. The number of hydrogen-bond acceptors (Lipinski definition) is 7. The standard InChI is InChI=1S/C25H29N5O3/c1-30(32-2)25(31)18-7-6-8-19(15-18)29-24-22(23(26)27-16-28-24)17-11-13-21(14-12-17)33-20-9-4-3-5-10-20/h3-5,9-14,16,18-19H,6-8,15H2,1-2H3,(H3,26,27,28,29)/t18-,19-/m0/s1. The molecule has 0 spiro atoms. The molecule has 0 radical (unpaired) electrons. The summed E-state index contributed by atoms with van der Waals surface area (Å²) in [5.41, 5.74) is 7.88. The maximum Gasteiger partial charge on any atom is 0.249 e. The highest BCUT2D eigenvalue weighted by Gasteiger charge is 2.30. The van der Waals surface area contributed by atoms with Crippen LogP contribution < -0.4 is 15.8 Å². The lowest BCUT2D eigenvalue weighted by atomic mass is 9.85. The molecule has 1 saturated carbocycles. The molecule has 1 aliphatic rings. The predicted octanol–water partition coefficient (Wildman–Crippen LogP) is 4.51. The van der Waals surface area contributed by atoms with Crippen LogP contribution in [0.4, 0.5) is 11.6 Å². The van der Waals surface area contributed by atoms with Crippen LogP contribution in [0.2, 0.25) is 0 Å². The van der Waals surface area contributed by atoms with Gasteiger partial charge in [-0.05, 0) is 49.1 Å². The first-order valence-electron chi connectivity index (χ1n) is 11.1. The molecule has 2 aromatic carbocycles. The van der Waals surface area contributed by atoms with E-state index in [0.29, 0.717) is 18.1 Å². The number of para-hydroxylation sites is 1. The monoisotopic (exact) mass is 447 g/mol. The number of carbonyl (C=O) groups is 1. The van der Waals surface area contributed by atoms with E-state index in [0.717, 1.165) is 41.9 Å². The van der Waals surface area contributed by atoms with Crippen molar-refractivity contribution < 1.29 is 14.4 Å². The summed E-state index contributed by atoms with van der Waals surface area (Å²) in [6.07, 6.45) is 4.92. The molecular formula is C25H29N5O3. The van der Waals surface area contributed by atoms with E-state index in [2.05, 4.69) is 15.3 Å². The first kappa shape index (κ1) is 22.5. The van der Waals surface area contributed by atoms with E-state index in [1.54, 1.807) is 7.05 Å². The van der Waals surface area contributed by atoms with Crippen LogP contribution in [0.15, 0.2) is 60.9 Å². The molecule has 1 fully saturated rings. The summed E-state index contributed by atoms with van der Waals surface area (Å²) in [6, 6.07) is 17.4. The summed E-state index contributed by atoms with van der Waals surface area (Å²) >= 11 is 0. The Morgan fingerprint density at radius 3 is 2.52 bits per heavy atom. The van der Waals surface area contributed by atoms with Crippen LogP contribution in [0.25, 0.3) is 11.1 Å². The minimum atomic E-state index is -0.0850. The molecule has 33 heavy (non-hydrogen) atoms. The van der Waals surface area contributed by atoms with Crippen LogP contribution in [0.5, 0.6) is 11.5 Å². The molecule has 1 aromatic heterocycles. The molecule has 0 bridgehead atoms. The van der Waals surface area contributed by atoms with Crippen molar-refractivity contribution in [2.75, 3.05) is 25.2 Å². The Labute approximate surface area is 193 Å². The second kappa shape index (κ2) is 10.3. The number of nitrogens with zero attached hydrogens (tertiary/aromatic N) is 3. The average Bonchev–Trinajstić information content (AvgIpc) is 2.85. The number of rotatable bonds is 7. The minimum Gasteiger partial charge on any atom is -0.457 e. The van der Waals surface area contributed by atoms with E-state index in [1.165, 1.54) is 18.5 Å². The topological polar surface area (TPSA) is 103 Å². The van der Waals surface area contributed by atoms with Crippen LogP contribution in [0, 0.1) is 5.92 Å². The van der Waals surface area contributed by atoms with Crippen LogP contribution in [-0.2, 0) is 9.63 Å². The van der Waals surface area contributed by atoms with Gasteiger partial charge in [0.15, 0.2) is 0 Å². The van der Waals surface area contributed by atoms with Crippen molar-refractivity contribution in [3.63, 3.8) is 0 Å². The zero-order chi connectivity index (χ0) is 23.2. The summed E-state index contributed by atoms with van der Waals surface area (Å²) in [6.45, 7) is 0. The Morgan fingerprint density at radius 2 is 1.79 bits per heavy atom. The SMILES string of the molecule is CON(C)C(=O)[C@H]1CCC[C@H](Nc2ncnc(N)c2-c2ccc(Oc3ccccc3)cc2)C1. The van der Waals surface area contributed by atoms with Gasteiger partial charge in [-0.1, -0.05) is 36.8 Å². The number of hydrogen-bond donors (Lipinski definition) is 2. The van der Waals surface area contributed by atoms with Crippen molar-refractivity contribution >= 4 is 17.5 Å². The molecule has 172 valence electrons. The van der Waals surface area contributed by atoms with E-state index in [4.69, 9.17) is 15.3 Å². The highest BCUT2D eigenvalue weighted by Crippen LogP contribution is 2.35. The second-order valence-corrected chi connectivity index (χ2v) is 8.15. The Morgan fingerprint density at radius 1 is 1.06 bits per heavy atom. The molecule has 1 amide bonds. The lowest BCUT2D eigenvalue weighted by Crippen LogP contribution is -2.38. The number of amides is 1. The van der Waals surface area contributed by atoms with Gasteiger partial charge in [-0.25, -0.2) is 15.0 Å². The molecule has 8 nitrogen and oxygen atoms in total. The van der Waals surface area contributed by atoms with Crippen molar-refractivity contribution in [2.24, 2.45) is 5.92 Å². The number of anilines is 2. The third kappa shape index (κ3) is 5.40. The van der Waals surface area contributed by atoms with Gasteiger partial charge in [0.05, 0.1) is 12.7 Å². The molecule has 2 atom stereocenters. The van der Waals surface area contributed by atoms with E-state index in [9.17, 15) is 4.79 Å². The van der Waals surface area contributed by atoms with Crippen LogP contribution >= 0.6 is 0 Å². The van der Waals surface area contributed by atoms with Gasteiger partial charge in [-0.2, -0.15) is 0 Å². The Kier molecular flexibility index (Phi) is 7.04. The number of nitrogens with one attached hydrogen (secondary N) is 1. The van der Waals surface area contributed by atoms with Crippen molar-refractivity contribution in [1.82, 2.24) is 15.0 Å². The molecule has 0 aliphatic heterocycles. The summed E-state index contributed by atoms with van der Waals surface area (Å²) in [7, 11) is 3.15. The van der Waals surface area contributed by atoms with Gasteiger partial charge < -0.3 is 15.8 Å². The fourth-order valence-corrected chi connectivity index (χ4v) is 4.19. The van der Waals surface area contributed by atoms with Crippen molar-refractivity contribution in [3.8, 4) is 22.6 Å². The number of nitrogen functional groups attached to an aromatic ring is 1. The molecule has 0 unspecified atom stereocenters. The molecule has 1 heterocycles. The number of aromatic nitrogens is 2. The molecule has 3 aromatic rings. The third-order valence-corrected chi connectivity index (χ3v) is 5.95. The zero-order valence-corrected chi connectivity index (χ0v) is 18.9. The highest BCUT2D eigenvalue weighted by molar-refractivity contribution is 5.84. The fourth-order valence-electron chi connectivity index (χ4n) is 4.19. The minimum absolute atomic E-state index is 0.000398. The first-order chi connectivity index (χ1) is 16.0. The molecule has 0 saturated heterocycles. The van der Waals surface area contributed by atoms with Crippen molar-refractivity contribution in [1.29, 1.82) is 0 Å². The van der Waals surface area contributed by atoms with Gasteiger partial charge in [-0.15, -0.1) is 0 Å². The lowest BCUT2D eigenvalue weighted by Gasteiger charge is -2.31. The van der Waals surface area contributed by atoms with Crippen LogP contribution in [-0.4, -0.2) is 41.1 Å². The van der Waals surface area contributed by atoms with E-state index < -0.39 is 0 Å². The molecule has 1 aliphatic carbocycles. The fraction of sp³-hybridized carbons (Fsp3) is 0.320. The average molecular weight is 448 g/mol. The molecule has 8 heteroatoms. The molecule has 3 N–H and O–H groups in total. The summed E-state index contributed by atoms with van der Waals surface area (Å²) in [5.74, 6) is 2.48. The van der Waals surface area contributed by atoms with Crippen LogP contribution in [0.3, 0.4) is 0 Å². The number of ether oxygens (including phenoxy) is 1. The normalized spacial score (nSPS) is 17.9. The second-order valence-electron chi connectivity index (χ2n) is 8.15. The van der Waals surface area contributed by atoms with Crippen molar-refractivity contribution in [3.05, 3.63) is 60.9 Å². The summed E-state index contributed by atoms with van der Waals surface area (Å²) in [5, 5.41) is 4.82. The quantitative estimate of drug-likeness (QED) is 0.514. The summed E-state index contributed by atoms with van der Waals surface area (Å²) in [4.78, 5) is 26.3. The lowest BCUT2D eigenvalue weighted by molar-refractivity contribution is -0.174. The number of nitrogens with two attached hydrogens (primary N) is 1. The maximum absolute atomic E-state index is 12.5. The predicted molar refractivity (Wildman–Crippen MR) is 128 cm³/mol. The van der Waals surface area contributed by atoms with Gasteiger partial charge in [-0.3, -0.25) is 9.63 Å². The first-order valence-corrected chi connectivity index (χ1v) is 11.1. The zero-order valence-electron chi connectivity index (χ0n) is 18.9. The van der Waals surface area contributed by atoms with Gasteiger partial charge in [0, 0.05) is 19.0 Å². The Hall–Kier alpha value is -3.65. The highest BCUT2D eigenvalue weighted by atomic mass is 16.7. The van der Waals surface area contributed by atoms with E-state index in [1.807, 2.05) is 54.6 Å². The summed E-state index contributed by atoms with van der Waals surface area (Å²) < 4.78 is 5.89. The Balaban J connectivity index is 1.51. The van der Waals surface area contributed by atoms with Gasteiger partial charge in [0.1, 0.15) is 29.5 Å². The van der Waals surface area contributed by atoms with Crippen molar-refractivity contribution in [2.45, 2.75) is 31.7 Å². The van der Waals surface area contributed by atoms with Gasteiger partial charge in [0.2, 0.25) is 5.91 Å². The van der Waals surface area contributed by atoms with Crippen LogP contribution in [0.1, 0.15) is 25.7 Å². The largest absolute Gasteiger partial charge is 0.457 e. The maximum atomic E-state index is 12.5. The number of carbonyl (C=O) groups excluding carboxylic acids is 1. The Bertz CT molecular complexity index is 1080. The van der Waals surface area contributed by atoms with E-state index in [-0.39, 0.29) is 17.9 Å². The molecule has 4 rings (SSSR count).